The Hall–Kier alpha value is -1.33. The first-order chi connectivity index (χ1) is 9.66. The Balaban J connectivity index is 2.52. The molecule has 6 nitrogen and oxygen atoms in total. The van der Waals surface area contributed by atoms with E-state index in [-0.39, 0.29) is 15.1 Å². The fourth-order valence-corrected chi connectivity index (χ4v) is 3.92. The molecule has 0 atom stereocenters. The number of nitrogens with zero attached hydrogens (tertiary/aromatic N) is 3. The normalized spacial score (nSPS) is 13.2. The minimum atomic E-state index is -4.61. The van der Waals surface area contributed by atoms with Gasteiger partial charge in [0, 0.05) is 25.2 Å². The van der Waals surface area contributed by atoms with Crippen LogP contribution in [0.1, 0.15) is 6.92 Å². The summed E-state index contributed by atoms with van der Waals surface area (Å²) in [6, 6.07) is 0. The van der Waals surface area contributed by atoms with E-state index in [1.807, 2.05) is 0 Å². The van der Waals surface area contributed by atoms with E-state index in [2.05, 4.69) is 10.3 Å². The minimum Gasteiger partial charge on any atom is -0.368 e. The van der Waals surface area contributed by atoms with Crippen molar-refractivity contribution in [2.24, 2.45) is 0 Å². The predicted molar refractivity (Wildman–Crippen MR) is 73.1 cm³/mol. The van der Waals surface area contributed by atoms with Crippen LogP contribution in [-0.4, -0.2) is 48.4 Å². The summed E-state index contributed by atoms with van der Waals surface area (Å²) in [5.74, 6) is 0.0541. The number of hydrogen-bond donors (Lipinski definition) is 1. The second-order valence-electron chi connectivity index (χ2n) is 4.23. The Morgan fingerprint density at radius 2 is 2.14 bits per heavy atom. The number of fused-ring (bicyclic) bond motifs is 1. The summed E-state index contributed by atoms with van der Waals surface area (Å²) in [6.07, 6.45) is -3.15. The van der Waals surface area contributed by atoms with Gasteiger partial charge in [0.05, 0.1) is 0 Å². The van der Waals surface area contributed by atoms with Crippen LogP contribution in [-0.2, 0) is 10.0 Å². The molecule has 2 aromatic heterocycles. The van der Waals surface area contributed by atoms with Gasteiger partial charge in [0.1, 0.15) is 6.54 Å². The van der Waals surface area contributed by atoms with Crippen LogP contribution in [0.25, 0.3) is 4.96 Å². The lowest BCUT2D eigenvalue weighted by molar-refractivity contribution is -0.134. The third kappa shape index (κ3) is 3.14. The minimum absolute atomic E-state index is 0.0541. The number of sulfonamides is 1. The molecule has 0 spiro atoms. The van der Waals surface area contributed by atoms with Gasteiger partial charge in [0.25, 0.3) is 10.0 Å². The summed E-state index contributed by atoms with van der Waals surface area (Å²) in [7, 11) is -3.43. The van der Waals surface area contributed by atoms with Gasteiger partial charge in [-0.3, -0.25) is 4.40 Å². The third-order valence-electron chi connectivity index (χ3n) is 2.62. The first-order valence-corrected chi connectivity index (χ1v) is 8.21. The molecule has 2 rings (SSSR count). The maximum atomic E-state index is 12.4. The van der Waals surface area contributed by atoms with Crippen molar-refractivity contribution in [2.45, 2.75) is 18.1 Å². The monoisotopic (exact) mass is 342 g/mol. The van der Waals surface area contributed by atoms with Gasteiger partial charge >= 0.3 is 6.18 Å². The highest BCUT2D eigenvalue weighted by Gasteiger charge is 2.37. The second kappa shape index (κ2) is 5.46. The fraction of sp³-hybridized carbons (Fsp3) is 0.500. The fourth-order valence-electron chi connectivity index (χ4n) is 1.78. The Labute approximate surface area is 123 Å². The molecule has 2 aromatic rings. The zero-order valence-electron chi connectivity index (χ0n) is 11.2. The van der Waals surface area contributed by atoms with E-state index in [9.17, 15) is 21.6 Å². The lowest BCUT2D eigenvalue weighted by atomic mass is 10.6. The van der Waals surface area contributed by atoms with Crippen LogP contribution in [0.4, 0.5) is 19.0 Å². The van der Waals surface area contributed by atoms with E-state index in [0.29, 0.717) is 11.5 Å². The molecular formula is C10H13F3N4O2S2. The summed E-state index contributed by atoms with van der Waals surface area (Å²) < 4.78 is 63.7. The van der Waals surface area contributed by atoms with Gasteiger partial charge in [0.15, 0.2) is 15.8 Å². The Morgan fingerprint density at radius 3 is 2.71 bits per heavy atom. The first-order valence-electron chi connectivity index (χ1n) is 5.89. The van der Waals surface area contributed by atoms with Gasteiger partial charge in [-0.05, 0) is 6.92 Å². The summed E-state index contributed by atoms with van der Waals surface area (Å²) in [4.78, 5) is 4.48. The zero-order valence-corrected chi connectivity index (χ0v) is 12.8. The van der Waals surface area contributed by atoms with Gasteiger partial charge in [-0.1, -0.05) is 0 Å². The van der Waals surface area contributed by atoms with Crippen molar-refractivity contribution in [1.82, 2.24) is 13.7 Å². The van der Waals surface area contributed by atoms with Crippen molar-refractivity contribution in [3.05, 3.63) is 11.6 Å². The van der Waals surface area contributed by atoms with E-state index in [4.69, 9.17) is 0 Å². The van der Waals surface area contributed by atoms with E-state index in [1.165, 1.54) is 21.9 Å². The summed E-state index contributed by atoms with van der Waals surface area (Å²) >= 11 is 1.20. The molecule has 0 aromatic carbocycles. The number of imidazole rings is 1. The molecule has 0 saturated carbocycles. The number of halogens is 3. The third-order valence-corrected chi connectivity index (χ3v) is 5.20. The average molecular weight is 342 g/mol. The van der Waals surface area contributed by atoms with E-state index in [1.54, 1.807) is 12.3 Å². The molecule has 21 heavy (non-hydrogen) atoms. The quantitative estimate of drug-likeness (QED) is 0.903. The van der Waals surface area contributed by atoms with Crippen LogP contribution in [0.15, 0.2) is 16.6 Å². The topological polar surface area (TPSA) is 66.7 Å². The first kappa shape index (κ1) is 16.0. The number of alkyl halides is 3. The van der Waals surface area contributed by atoms with Gasteiger partial charge in [0.2, 0.25) is 0 Å². The zero-order chi connectivity index (χ0) is 15.8. The maximum absolute atomic E-state index is 12.4. The number of aromatic nitrogens is 2. The van der Waals surface area contributed by atoms with Crippen LogP contribution >= 0.6 is 11.3 Å². The van der Waals surface area contributed by atoms with Crippen LogP contribution in [0, 0.1) is 0 Å². The molecule has 0 aliphatic rings. The number of nitrogens with one attached hydrogen (secondary N) is 1. The molecule has 0 radical (unpaired) electrons. The average Bonchev–Trinajstić information content (AvgIpc) is 2.86. The molecule has 0 unspecified atom stereocenters. The van der Waals surface area contributed by atoms with Crippen molar-refractivity contribution < 1.29 is 21.6 Å². The number of anilines is 1. The smallest absolute Gasteiger partial charge is 0.368 e. The highest BCUT2D eigenvalue weighted by atomic mass is 32.2. The van der Waals surface area contributed by atoms with E-state index >= 15 is 0 Å². The number of hydrogen-bond acceptors (Lipinski definition) is 5. The molecule has 2 heterocycles. The lowest BCUT2D eigenvalue weighted by Crippen LogP contribution is -2.36. The van der Waals surface area contributed by atoms with Crippen LogP contribution in [0.3, 0.4) is 0 Å². The van der Waals surface area contributed by atoms with Crippen LogP contribution in [0.5, 0.6) is 0 Å². The van der Waals surface area contributed by atoms with Crippen molar-refractivity contribution in [2.75, 3.05) is 25.5 Å². The summed E-state index contributed by atoms with van der Waals surface area (Å²) in [6.45, 7) is 0.581. The Bertz CT molecular complexity index is 735. The largest absolute Gasteiger partial charge is 0.402 e. The summed E-state index contributed by atoms with van der Waals surface area (Å²) in [5, 5.41) is 4.09. The van der Waals surface area contributed by atoms with Crippen molar-refractivity contribution in [3.63, 3.8) is 0 Å². The molecular weight excluding hydrogens is 329 g/mol. The van der Waals surface area contributed by atoms with E-state index < -0.39 is 22.7 Å². The van der Waals surface area contributed by atoms with Crippen LogP contribution < -0.4 is 5.32 Å². The van der Waals surface area contributed by atoms with Gasteiger partial charge in [-0.2, -0.15) is 17.5 Å². The maximum Gasteiger partial charge on any atom is 0.402 e. The van der Waals surface area contributed by atoms with Crippen molar-refractivity contribution in [1.29, 1.82) is 0 Å². The molecule has 118 valence electrons. The van der Waals surface area contributed by atoms with Crippen LogP contribution in [0.2, 0.25) is 0 Å². The SMILES string of the molecule is CCNc1nc2sccn2c1S(=O)(=O)N(C)CC(F)(F)F. The molecule has 0 aliphatic heterocycles. The Morgan fingerprint density at radius 1 is 1.48 bits per heavy atom. The number of thiazole rings is 1. The molecule has 0 saturated heterocycles. The van der Waals surface area contributed by atoms with Gasteiger partial charge < -0.3 is 5.32 Å². The van der Waals surface area contributed by atoms with E-state index in [0.717, 1.165) is 7.05 Å². The van der Waals surface area contributed by atoms with Gasteiger partial charge in [-0.25, -0.2) is 13.4 Å². The standard InChI is InChI=1S/C10H13F3N4O2S2/c1-3-14-7-8(17-4-5-20-9(17)15-7)21(18,19)16(2)6-10(11,12)13/h4-5,14H,3,6H2,1-2H3. The second-order valence-corrected chi connectivity index (χ2v) is 7.06. The molecule has 1 N–H and O–H groups in total. The molecule has 0 fully saturated rings. The van der Waals surface area contributed by atoms with Gasteiger partial charge in [-0.15, -0.1) is 11.3 Å². The predicted octanol–water partition coefficient (Wildman–Crippen LogP) is 2.01. The Kier molecular flexibility index (Phi) is 4.17. The molecule has 0 bridgehead atoms. The molecule has 0 aliphatic carbocycles. The lowest BCUT2D eigenvalue weighted by Gasteiger charge is -2.19. The molecule has 11 heteroatoms. The highest BCUT2D eigenvalue weighted by molar-refractivity contribution is 7.89. The van der Waals surface area contributed by atoms with Crippen molar-refractivity contribution >= 4 is 32.1 Å². The van der Waals surface area contributed by atoms with Crippen molar-refractivity contribution in [3.8, 4) is 0 Å². The summed E-state index contributed by atoms with van der Waals surface area (Å²) in [5.41, 5.74) is 0. The molecule has 0 amide bonds. The number of rotatable bonds is 5. The highest BCUT2D eigenvalue weighted by Crippen LogP contribution is 2.29.